The number of carbonyl (C=O) groups excluding carboxylic acids is 2. The second-order valence-corrected chi connectivity index (χ2v) is 6.05. The Labute approximate surface area is 129 Å². The molecule has 2 rings (SSSR count). The monoisotopic (exact) mass is 307 g/mol. The van der Waals surface area contributed by atoms with Crippen molar-refractivity contribution in [3.63, 3.8) is 0 Å². The minimum absolute atomic E-state index is 0.0633. The molecule has 1 aromatic carbocycles. The number of nitrogens with two attached hydrogens (primary N) is 1. The molecule has 1 fully saturated rings. The van der Waals surface area contributed by atoms with Gasteiger partial charge in [0.15, 0.2) is 0 Å². The fourth-order valence-electron chi connectivity index (χ4n) is 2.33. The maximum atomic E-state index is 12.3. The maximum absolute atomic E-state index is 12.3. The maximum Gasteiger partial charge on any atom is 0.249 e. The van der Waals surface area contributed by atoms with E-state index in [4.69, 9.17) is 5.73 Å². The normalized spacial score (nSPS) is 19.6. The minimum atomic E-state index is -0.545. The molecule has 0 radical (unpaired) electrons. The Morgan fingerprint density at radius 1 is 1.48 bits per heavy atom. The van der Waals surface area contributed by atoms with Crippen LogP contribution in [-0.2, 0) is 9.59 Å². The summed E-state index contributed by atoms with van der Waals surface area (Å²) in [5.74, 6) is 0.535. The molecule has 1 aliphatic rings. The smallest absolute Gasteiger partial charge is 0.249 e. The molecule has 0 aromatic heterocycles. The zero-order valence-corrected chi connectivity index (χ0v) is 12.9. The number of nitrogens with zero attached hydrogens (tertiary/aromatic N) is 1. The van der Waals surface area contributed by atoms with Crippen molar-refractivity contribution in [2.75, 3.05) is 23.5 Å². The number of amides is 2. The molecule has 1 aromatic rings. The molecule has 3 N–H and O–H groups in total. The van der Waals surface area contributed by atoms with Crippen LogP contribution >= 0.6 is 11.8 Å². The lowest BCUT2D eigenvalue weighted by molar-refractivity contribution is -0.127. The SMILES string of the molecule is CSCC[C@H](N)C(=O)NC1CCN(c2ccccc2)C1=O. The molecule has 6 heteroatoms. The van der Waals surface area contributed by atoms with Gasteiger partial charge in [-0.25, -0.2) is 0 Å². The highest BCUT2D eigenvalue weighted by Gasteiger charge is 2.34. The molecule has 114 valence electrons. The highest BCUT2D eigenvalue weighted by atomic mass is 32.2. The van der Waals surface area contributed by atoms with Crippen LogP contribution < -0.4 is 16.0 Å². The number of hydrogen-bond acceptors (Lipinski definition) is 4. The van der Waals surface area contributed by atoms with Crippen molar-refractivity contribution in [1.29, 1.82) is 0 Å². The van der Waals surface area contributed by atoms with E-state index in [9.17, 15) is 9.59 Å². The summed E-state index contributed by atoms with van der Waals surface area (Å²) in [6.07, 6.45) is 3.22. The van der Waals surface area contributed by atoms with Gasteiger partial charge in [0.1, 0.15) is 6.04 Å². The van der Waals surface area contributed by atoms with Crippen LogP contribution in [0.2, 0.25) is 0 Å². The van der Waals surface area contributed by atoms with Crippen molar-refractivity contribution in [1.82, 2.24) is 5.32 Å². The lowest BCUT2D eigenvalue weighted by Gasteiger charge is -2.18. The van der Waals surface area contributed by atoms with Crippen LogP contribution in [0.15, 0.2) is 30.3 Å². The molecule has 0 aliphatic carbocycles. The summed E-state index contributed by atoms with van der Waals surface area (Å²) in [6, 6.07) is 8.49. The minimum Gasteiger partial charge on any atom is -0.343 e. The fraction of sp³-hybridized carbons (Fsp3) is 0.467. The number of thioether (sulfide) groups is 1. The second-order valence-electron chi connectivity index (χ2n) is 5.06. The summed E-state index contributed by atoms with van der Waals surface area (Å²) >= 11 is 1.65. The molecular formula is C15H21N3O2S. The Morgan fingerprint density at radius 3 is 2.86 bits per heavy atom. The van der Waals surface area contributed by atoms with E-state index in [0.717, 1.165) is 11.4 Å². The highest BCUT2D eigenvalue weighted by Crippen LogP contribution is 2.21. The van der Waals surface area contributed by atoms with E-state index in [-0.39, 0.29) is 11.8 Å². The first-order valence-corrected chi connectivity index (χ1v) is 8.44. The Bertz CT molecular complexity index is 495. The van der Waals surface area contributed by atoms with E-state index >= 15 is 0 Å². The molecule has 2 amide bonds. The summed E-state index contributed by atoms with van der Waals surface area (Å²) in [5.41, 5.74) is 6.69. The van der Waals surface area contributed by atoms with E-state index in [1.807, 2.05) is 36.6 Å². The third-order valence-electron chi connectivity index (χ3n) is 3.56. The molecule has 1 aliphatic heterocycles. The molecule has 21 heavy (non-hydrogen) atoms. The Balaban J connectivity index is 1.92. The van der Waals surface area contributed by atoms with E-state index < -0.39 is 12.1 Å². The largest absolute Gasteiger partial charge is 0.343 e. The quantitative estimate of drug-likeness (QED) is 0.822. The highest BCUT2D eigenvalue weighted by molar-refractivity contribution is 7.98. The molecule has 1 unspecified atom stereocenters. The van der Waals surface area contributed by atoms with Gasteiger partial charge in [-0.15, -0.1) is 0 Å². The van der Waals surface area contributed by atoms with Gasteiger partial charge in [-0.2, -0.15) is 11.8 Å². The van der Waals surface area contributed by atoms with E-state index in [1.54, 1.807) is 16.7 Å². The summed E-state index contributed by atoms with van der Waals surface area (Å²) in [7, 11) is 0. The van der Waals surface area contributed by atoms with Crippen LogP contribution in [0.4, 0.5) is 5.69 Å². The van der Waals surface area contributed by atoms with Crippen LogP contribution in [0.1, 0.15) is 12.8 Å². The summed E-state index contributed by atoms with van der Waals surface area (Å²) in [4.78, 5) is 26.0. The lowest BCUT2D eigenvalue weighted by atomic mass is 10.2. The van der Waals surface area contributed by atoms with Crippen molar-refractivity contribution in [3.8, 4) is 0 Å². The van der Waals surface area contributed by atoms with Crippen molar-refractivity contribution in [2.24, 2.45) is 5.73 Å². The Kier molecular flexibility index (Phi) is 5.64. The van der Waals surface area contributed by atoms with Crippen molar-refractivity contribution in [2.45, 2.75) is 24.9 Å². The third-order valence-corrected chi connectivity index (χ3v) is 4.20. The van der Waals surface area contributed by atoms with Gasteiger partial charge in [0.25, 0.3) is 0 Å². The zero-order valence-electron chi connectivity index (χ0n) is 12.1. The molecular weight excluding hydrogens is 286 g/mol. The van der Waals surface area contributed by atoms with Gasteiger partial charge in [0.2, 0.25) is 11.8 Å². The second kappa shape index (κ2) is 7.47. The average Bonchev–Trinajstić information content (AvgIpc) is 2.86. The van der Waals surface area contributed by atoms with Crippen molar-refractivity contribution >= 4 is 29.3 Å². The first kappa shape index (κ1) is 15.9. The number of anilines is 1. The van der Waals surface area contributed by atoms with Gasteiger partial charge in [-0.3, -0.25) is 9.59 Å². The topological polar surface area (TPSA) is 75.4 Å². The molecule has 0 saturated carbocycles. The average molecular weight is 307 g/mol. The molecule has 5 nitrogen and oxygen atoms in total. The lowest BCUT2D eigenvalue weighted by Crippen LogP contribution is -2.48. The first-order valence-electron chi connectivity index (χ1n) is 7.05. The van der Waals surface area contributed by atoms with Gasteiger partial charge < -0.3 is 16.0 Å². The summed E-state index contributed by atoms with van der Waals surface area (Å²) in [6.45, 7) is 0.619. The van der Waals surface area contributed by atoms with Gasteiger partial charge in [-0.05, 0) is 37.0 Å². The Morgan fingerprint density at radius 2 is 2.19 bits per heavy atom. The van der Waals surface area contributed by atoms with Crippen LogP contribution in [0.5, 0.6) is 0 Å². The number of para-hydroxylation sites is 1. The Hall–Kier alpha value is -1.53. The van der Waals surface area contributed by atoms with Gasteiger partial charge in [0, 0.05) is 12.2 Å². The molecule has 0 bridgehead atoms. The predicted molar refractivity (Wildman–Crippen MR) is 86.3 cm³/mol. The van der Waals surface area contributed by atoms with Crippen LogP contribution in [0.25, 0.3) is 0 Å². The molecule has 1 saturated heterocycles. The number of nitrogens with one attached hydrogen (secondary N) is 1. The first-order chi connectivity index (χ1) is 10.1. The predicted octanol–water partition coefficient (Wildman–Crippen LogP) is 0.988. The van der Waals surface area contributed by atoms with Gasteiger partial charge in [-0.1, -0.05) is 18.2 Å². The van der Waals surface area contributed by atoms with Crippen LogP contribution in [0, 0.1) is 0 Å². The van der Waals surface area contributed by atoms with E-state index in [0.29, 0.717) is 19.4 Å². The van der Waals surface area contributed by atoms with E-state index in [2.05, 4.69) is 5.32 Å². The van der Waals surface area contributed by atoms with Gasteiger partial charge >= 0.3 is 0 Å². The number of benzene rings is 1. The number of hydrogen-bond donors (Lipinski definition) is 2. The zero-order chi connectivity index (χ0) is 15.2. The number of rotatable bonds is 6. The fourth-order valence-corrected chi connectivity index (χ4v) is 2.82. The molecule has 2 atom stereocenters. The van der Waals surface area contributed by atoms with Crippen LogP contribution in [0.3, 0.4) is 0 Å². The van der Waals surface area contributed by atoms with Crippen LogP contribution in [-0.4, -0.2) is 42.5 Å². The molecule has 0 spiro atoms. The molecule has 1 heterocycles. The van der Waals surface area contributed by atoms with Gasteiger partial charge in [0.05, 0.1) is 6.04 Å². The summed E-state index contributed by atoms with van der Waals surface area (Å²) in [5, 5.41) is 2.77. The van der Waals surface area contributed by atoms with Crippen molar-refractivity contribution in [3.05, 3.63) is 30.3 Å². The standard InChI is InChI=1S/C15H21N3O2S/c1-21-10-8-12(16)14(19)17-13-7-9-18(15(13)20)11-5-3-2-4-6-11/h2-6,12-13H,7-10,16H2,1H3,(H,17,19)/t12-,13?/m0/s1. The third kappa shape index (κ3) is 3.98. The van der Waals surface area contributed by atoms with E-state index in [1.165, 1.54) is 0 Å². The summed E-state index contributed by atoms with van der Waals surface area (Å²) < 4.78 is 0. The number of carbonyl (C=O) groups is 2. The van der Waals surface area contributed by atoms with Crippen molar-refractivity contribution < 1.29 is 9.59 Å².